The van der Waals surface area contributed by atoms with E-state index in [9.17, 15) is 19.2 Å². The summed E-state index contributed by atoms with van der Waals surface area (Å²) in [5, 5.41) is 2.44. The molecule has 1 aromatic carbocycles. The number of amides is 4. The van der Waals surface area contributed by atoms with Gasteiger partial charge in [-0.3, -0.25) is 35.3 Å². The Hall–Kier alpha value is -2.70. The molecule has 2 aliphatic rings. The van der Waals surface area contributed by atoms with Crippen LogP contribution in [-0.4, -0.2) is 23.6 Å². The molecule has 0 aromatic heterocycles. The number of fused-ring (bicyclic) bond motifs is 2. The van der Waals surface area contributed by atoms with E-state index < -0.39 is 16.2 Å². The van der Waals surface area contributed by atoms with Gasteiger partial charge in [0.2, 0.25) is 23.6 Å². The molecule has 4 amide bonds. The minimum atomic E-state index is -0.935. The van der Waals surface area contributed by atoms with E-state index in [-0.39, 0.29) is 30.0 Å². The molecule has 2 atom stereocenters. The highest BCUT2D eigenvalue weighted by atomic mass is 16.2. The van der Waals surface area contributed by atoms with Gasteiger partial charge >= 0.3 is 0 Å². The molecule has 1 aliphatic heterocycles. The number of hydrogen-bond acceptors (Lipinski definition) is 4. The molecule has 2 fully saturated rings. The number of nitrogens with one attached hydrogen (secondary N) is 3. The predicted molar refractivity (Wildman–Crippen MR) is 97.8 cm³/mol. The Labute approximate surface area is 158 Å². The molecule has 7 nitrogen and oxygen atoms in total. The third kappa shape index (κ3) is 3.59. The largest absolute Gasteiger partial charge is 0.296 e. The van der Waals surface area contributed by atoms with Crippen molar-refractivity contribution in [1.29, 1.82) is 0 Å². The van der Waals surface area contributed by atoms with Crippen LogP contribution in [-0.2, 0) is 25.6 Å². The Balaban J connectivity index is 1.68. The van der Waals surface area contributed by atoms with Gasteiger partial charge in [0.25, 0.3) is 0 Å². The number of hydrogen-bond donors (Lipinski definition) is 3. The lowest BCUT2D eigenvalue weighted by Crippen LogP contribution is -2.64. The summed E-state index contributed by atoms with van der Waals surface area (Å²) in [4.78, 5) is 49.6. The van der Waals surface area contributed by atoms with E-state index >= 15 is 0 Å². The van der Waals surface area contributed by atoms with Crippen molar-refractivity contribution in [3.05, 3.63) is 35.9 Å². The number of carbonyl (C=O) groups excluding carboxylic acids is 4. The minimum absolute atomic E-state index is 0.147. The van der Waals surface area contributed by atoms with Gasteiger partial charge in [-0.1, -0.05) is 51.1 Å². The number of piperidine rings is 1. The zero-order chi connectivity index (χ0) is 19.9. The first-order chi connectivity index (χ1) is 12.6. The van der Waals surface area contributed by atoms with Crippen LogP contribution in [0, 0.1) is 16.2 Å². The maximum atomic E-state index is 12.8. The van der Waals surface area contributed by atoms with E-state index in [0.29, 0.717) is 19.3 Å². The number of benzene rings is 1. The van der Waals surface area contributed by atoms with Crippen LogP contribution in [0.25, 0.3) is 0 Å². The number of imide groups is 1. The fraction of sp³-hybridized carbons (Fsp3) is 0.500. The number of carbonyl (C=O) groups is 4. The van der Waals surface area contributed by atoms with Crippen molar-refractivity contribution in [2.24, 2.45) is 16.2 Å². The lowest BCUT2D eigenvalue weighted by atomic mass is 9.52. The van der Waals surface area contributed by atoms with Crippen LogP contribution in [0.2, 0.25) is 0 Å². The van der Waals surface area contributed by atoms with Crippen molar-refractivity contribution in [3.8, 4) is 0 Å². The molecule has 1 heterocycles. The van der Waals surface area contributed by atoms with Crippen LogP contribution < -0.4 is 16.2 Å². The summed E-state index contributed by atoms with van der Waals surface area (Å²) < 4.78 is 0. The van der Waals surface area contributed by atoms with Gasteiger partial charge in [0.1, 0.15) is 0 Å². The first kappa shape index (κ1) is 19.1. The van der Waals surface area contributed by atoms with Gasteiger partial charge in [-0.2, -0.15) is 0 Å². The van der Waals surface area contributed by atoms with Crippen molar-refractivity contribution in [2.45, 2.75) is 46.5 Å². The van der Waals surface area contributed by atoms with Crippen molar-refractivity contribution < 1.29 is 19.2 Å². The molecule has 144 valence electrons. The maximum Gasteiger partial charge on any atom is 0.244 e. The Morgan fingerprint density at radius 1 is 0.926 bits per heavy atom. The fourth-order valence-electron chi connectivity index (χ4n) is 4.76. The van der Waals surface area contributed by atoms with E-state index in [2.05, 4.69) is 16.2 Å². The summed E-state index contributed by atoms with van der Waals surface area (Å²) >= 11 is 0. The monoisotopic (exact) mass is 371 g/mol. The predicted octanol–water partition coefficient (Wildman–Crippen LogP) is 1.24. The van der Waals surface area contributed by atoms with Gasteiger partial charge < -0.3 is 0 Å². The summed E-state index contributed by atoms with van der Waals surface area (Å²) in [6.45, 7) is 5.31. The Kier molecular flexibility index (Phi) is 4.57. The van der Waals surface area contributed by atoms with Crippen LogP contribution in [0.1, 0.15) is 45.6 Å². The van der Waals surface area contributed by atoms with Crippen LogP contribution in [0.4, 0.5) is 0 Å². The first-order valence-corrected chi connectivity index (χ1v) is 9.06. The Morgan fingerprint density at radius 3 is 2.04 bits per heavy atom. The summed E-state index contributed by atoms with van der Waals surface area (Å²) in [7, 11) is 0. The zero-order valence-electron chi connectivity index (χ0n) is 15.8. The van der Waals surface area contributed by atoms with E-state index in [4.69, 9.17) is 0 Å². The van der Waals surface area contributed by atoms with E-state index in [1.807, 2.05) is 30.3 Å². The highest BCUT2D eigenvalue weighted by Gasteiger charge is 2.60. The second-order valence-electron chi connectivity index (χ2n) is 8.66. The van der Waals surface area contributed by atoms with Crippen LogP contribution in [0.15, 0.2) is 30.3 Å². The van der Waals surface area contributed by atoms with E-state index in [1.54, 1.807) is 20.8 Å². The molecule has 1 aromatic rings. The minimum Gasteiger partial charge on any atom is -0.296 e. The average Bonchev–Trinajstić information content (AvgIpc) is 2.58. The molecule has 3 rings (SSSR count). The Bertz CT molecular complexity index is 779. The van der Waals surface area contributed by atoms with Crippen LogP contribution >= 0.6 is 0 Å². The van der Waals surface area contributed by atoms with Crippen LogP contribution in [0.3, 0.4) is 0 Å². The highest BCUT2D eigenvalue weighted by Crippen LogP contribution is 2.56. The molecule has 2 unspecified atom stereocenters. The lowest BCUT2D eigenvalue weighted by Gasteiger charge is -2.53. The second-order valence-corrected chi connectivity index (χ2v) is 8.66. The third-order valence-electron chi connectivity index (χ3n) is 5.74. The summed E-state index contributed by atoms with van der Waals surface area (Å²) in [5.41, 5.74) is 3.25. The Morgan fingerprint density at radius 2 is 1.48 bits per heavy atom. The zero-order valence-corrected chi connectivity index (χ0v) is 15.8. The molecular weight excluding hydrogens is 346 g/mol. The normalized spacial score (nSPS) is 32.4. The van der Waals surface area contributed by atoms with Crippen molar-refractivity contribution in [2.75, 3.05) is 0 Å². The number of hydrazine groups is 1. The molecule has 2 bridgehead atoms. The summed E-state index contributed by atoms with van der Waals surface area (Å²) in [6, 6.07) is 9.20. The lowest BCUT2D eigenvalue weighted by molar-refractivity contribution is -0.165. The smallest absolute Gasteiger partial charge is 0.244 e. The van der Waals surface area contributed by atoms with E-state index in [1.165, 1.54) is 0 Å². The standard InChI is InChI=1S/C20H25N3O4/c1-18-10-19(2,16(26)21-15(18)25)12-20(3,11-18)17(27)23-22-14(24)9-13-7-5-4-6-8-13/h4-8H,9-12H2,1-3H3,(H,22,24)(H,23,27)(H,21,25,26). The average molecular weight is 371 g/mol. The molecular formula is C20H25N3O4. The molecule has 1 aliphatic carbocycles. The molecule has 3 N–H and O–H groups in total. The topological polar surface area (TPSA) is 104 Å². The molecule has 1 saturated carbocycles. The molecule has 0 spiro atoms. The van der Waals surface area contributed by atoms with Gasteiger partial charge in [-0.25, -0.2) is 0 Å². The van der Waals surface area contributed by atoms with Gasteiger partial charge in [-0.05, 0) is 24.8 Å². The van der Waals surface area contributed by atoms with Crippen molar-refractivity contribution in [1.82, 2.24) is 16.2 Å². The van der Waals surface area contributed by atoms with Crippen molar-refractivity contribution in [3.63, 3.8) is 0 Å². The quantitative estimate of drug-likeness (QED) is 0.549. The summed E-state index contributed by atoms with van der Waals surface area (Å²) in [5.74, 6) is -1.39. The molecule has 0 radical (unpaired) electrons. The molecule has 1 saturated heterocycles. The van der Waals surface area contributed by atoms with Gasteiger partial charge in [0, 0.05) is 10.8 Å². The van der Waals surface area contributed by atoms with Crippen LogP contribution in [0.5, 0.6) is 0 Å². The number of rotatable bonds is 3. The second kappa shape index (κ2) is 6.48. The molecule has 27 heavy (non-hydrogen) atoms. The highest BCUT2D eigenvalue weighted by molar-refractivity contribution is 6.04. The maximum absolute atomic E-state index is 12.8. The SMILES string of the molecule is CC1(C(=O)NNC(=O)Cc2ccccc2)CC2(C)CC(C)(C1)C(=O)NC2=O. The fourth-order valence-corrected chi connectivity index (χ4v) is 4.76. The molecule has 7 heteroatoms. The van der Waals surface area contributed by atoms with Gasteiger partial charge in [-0.15, -0.1) is 0 Å². The third-order valence-corrected chi connectivity index (χ3v) is 5.74. The van der Waals surface area contributed by atoms with Crippen molar-refractivity contribution >= 4 is 23.6 Å². The van der Waals surface area contributed by atoms with Gasteiger partial charge in [0.15, 0.2) is 0 Å². The van der Waals surface area contributed by atoms with Gasteiger partial charge in [0.05, 0.1) is 11.8 Å². The van der Waals surface area contributed by atoms with E-state index in [0.717, 1.165) is 5.56 Å². The first-order valence-electron chi connectivity index (χ1n) is 9.06. The summed E-state index contributed by atoms with van der Waals surface area (Å²) in [6.07, 6.45) is 1.20.